The highest BCUT2D eigenvalue weighted by Crippen LogP contribution is 2.45. The second-order valence-corrected chi connectivity index (χ2v) is 8.71. The van der Waals surface area contributed by atoms with E-state index in [9.17, 15) is 15.6 Å². The molecule has 0 aliphatic carbocycles. The van der Waals surface area contributed by atoms with Crippen LogP contribution in [0.3, 0.4) is 0 Å². The van der Waals surface area contributed by atoms with E-state index < -0.39 is 18.2 Å². The summed E-state index contributed by atoms with van der Waals surface area (Å²) in [6, 6.07) is 23.8. The SMILES string of the molecule is COc1ccc(C(C#N)N2CCCN(C(C#N)c3ccc(OC)cc3)C2c2cccc(OC)c2O)cc1. The maximum absolute atomic E-state index is 11.2. The second kappa shape index (κ2) is 11.7. The Morgan fingerprint density at radius 1 is 0.757 bits per heavy atom. The highest BCUT2D eigenvalue weighted by molar-refractivity contribution is 5.47. The lowest BCUT2D eigenvalue weighted by atomic mass is 9.96. The molecule has 0 amide bonds. The van der Waals surface area contributed by atoms with Gasteiger partial charge in [0.2, 0.25) is 0 Å². The third kappa shape index (κ3) is 5.17. The van der Waals surface area contributed by atoms with Crippen molar-refractivity contribution in [3.63, 3.8) is 0 Å². The molecule has 8 nitrogen and oxygen atoms in total. The van der Waals surface area contributed by atoms with Crippen molar-refractivity contribution in [2.45, 2.75) is 24.7 Å². The lowest BCUT2D eigenvalue weighted by molar-refractivity contribution is -0.0299. The van der Waals surface area contributed by atoms with E-state index in [0.29, 0.717) is 35.9 Å². The van der Waals surface area contributed by atoms with Gasteiger partial charge in [-0.2, -0.15) is 10.5 Å². The predicted octanol–water partition coefficient (Wildman–Crippen LogP) is 4.95. The standard InChI is InChI=1S/C29H30N4O4/c1-35-22-12-8-20(9-13-22)25(18-30)32-16-5-17-33(26(19-31)21-10-14-23(36-2)15-11-21)29(32)24-6-4-7-27(37-3)28(24)34/h4,6-15,25-26,29,34H,5,16-17H2,1-3H3. The summed E-state index contributed by atoms with van der Waals surface area (Å²) in [6.45, 7) is 1.20. The lowest BCUT2D eigenvalue weighted by Gasteiger charge is -2.47. The Hall–Kier alpha value is -4.24. The van der Waals surface area contributed by atoms with Crippen LogP contribution >= 0.6 is 0 Å². The van der Waals surface area contributed by atoms with Crippen molar-refractivity contribution in [1.29, 1.82) is 10.5 Å². The van der Waals surface area contributed by atoms with Crippen molar-refractivity contribution in [2.24, 2.45) is 0 Å². The van der Waals surface area contributed by atoms with E-state index in [4.69, 9.17) is 14.2 Å². The molecule has 1 aliphatic rings. The molecule has 1 saturated heterocycles. The predicted molar refractivity (Wildman–Crippen MR) is 138 cm³/mol. The molecule has 1 heterocycles. The number of methoxy groups -OCH3 is 3. The Morgan fingerprint density at radius 3 is 1.65 bits per heavy atom. The highest BCUT2D eigenvalue weighted by atomic mass is 16.5. The van der Waals surface area contributed by atoms with Crippen LogP contribution in [0.1, 0.15) is 41.4 Å². The summed E-state index contributed by atoms with van der Waals surface area (Å²) in [5, 5.41) is 31.9. The molecule has 3 aromatic rings. The fraction of sp³-hybridized carbons (Fsp3) is 0.310. The summed E-state index contributed by atoms with van der Waals surface area (Å²) < 4.78 is 16.0. The number of benzene rings is 3. The number of aromatic hydroxyl groups is 1. The third-order valence-electron chi connectivity index (χ3n) is 6.76. The highest BCUT2D eigenvalue weighted by Gasteiger charge is 2.41. The summed E-state index contributed by atoms with van der Waals surface area (Å²) in [5.74, 6) is 1.72. The van der Waals surface area contributed by atoms with Crippen LogP contribution in [0.15, 0.2) is 66.7 Å². The van der Waals surface area contributed by atoms with Crippen molar-refractivity contribution in [2.75, 3.05) is 34.4 Å². The number of hydrogen-bond donors (Lipinski definition) is 1. The van der Waals surface area contributed by atoms with Crippen molar-refractivity contribution in [1.82, 2.24) is 9.80 Å². The maximum Gasteiger partial charge on any atom is 0.163 e. The molecule has 0 aromatic heterocycles. The van der Waals surface area contributed by atoms with Gasteiger partial charge >= 0.3 is 0 Å². The molecule has 3 aromatic carbocycles. The fourth-order valence-electron chi connectivity index (χ4n) is 4.93. The van der Waals surface area contributed by atoms with Gasteiger partial charge in [-0.3, -0.25) is 9.80 Å². The Kier molecular flexibility index (Phi) is 8.15. The largest absolute Gasteiger partial charge is 0.504 e. The Balaban J connectivity index is 1.83. The number of rotatable bonds is 8. The zero-order valence-corrected chi connectivity index (χ0v) is 21.2. The van der Waals surface area contributed by atoms with E-state index >= 15 is 0 Å². The number of para-hydroxylation sites is 1. The van der Waals surface area contributed by atoms with Gasteiger partial charge in [0.15, 0.2) is 11.5 Å². The first-order valence-electron chi connectivity index (χ1n) is 12.0. The molecule has 0 bridgehead atoms. The molecule has 0 spiro atoms. The van der Waals surface area contributed by atoms with Crippen LogP contribution in [0.2, 0.25) is 0 Å². The van der Waals surface area contributed by atoms with Gasteiger partial charge in [-0.05, 0) is 47.9 Å². The summed E-state index contributed by atoms with van der Waals surface area (Å²) >= 11 is 0. The van der Waals surface area contributed by atoms with Gasteiger partial charge in [-0.1, -0.05) is 36.4 Å². The number of phenolic OH excluding ortho intramolecular Hbond substituents is 1. The number of hydrogen-bond acceptors (Lipinski definition) is 8. The van der Waals surface area contributed by atoms with E-state index in [1.54, 1.807) is 20.3 Å². The normalized spacial score (nSPS) is 17.7. The molecular weight excluding hydrogens is 468 g/mol. The molecule has 0 radical (unpaired) electrons. The fourth-order valence-corrected chi connectivity index (χ4v) is 4.93. The summed E-state index contributed by atoms with van der Waals surface area (Å²) in [5.41, 5.74) is 2.17. The van der Waals surface area contributed by atoms with Crippen LogP contribution < -0.4 is 14.2 Å². The van der Waals surface area contributed by atoms with Gasteiger partial charge in [0.1, 0.15) is 23.6 Å². The number of ether oxygens (including phenoxy) is 3. The molecular formula is C29H30N4O4. The molecule has 1 aliphatic heterocycles. The van der Waals surface area contributed by atoms with Crippen molar-refractivity contribution in [3.8, 4) is 35.1 Å². The van der Waals surface area contributed by atoms with Crippen molar-refractivity contribution >= 4 is 0 Å². The molecule has 0 saturated carbocycles. The van der Waals surface area contributed by atoms with Crippen LogP contribution in [0, 0.1) is 22.7 Å². The first kappa shape index (κ1) is 25.8. The molecule has 4 rings (SSSR count). The van der Waals surface area contributed by atoms with Gasteiger partial charge in [0.05, 0.1) is 39.6 Å². The summed E-state index contributed by atoms with van der Waals surface area (Å²) in [6.07, 6.45) is 0.173. The van der Waals surface area contributed by atoms with Gasteiger partial charge in [0.25, 0.3) is 0 Å². The zero-order valence-electron chi connectivity index (χ0n) is 21.2. The quantitative estimate of drug-likeness (QED) is 0.465. The molecule has 2 atom stereocenters. The Bertz CT molecular complexity index is 1210. The Labute approximate surface area is 217 Å². The third-order valence-corrected chi connectivity index (χ3v) is 6.76. The van der Waals surface area contributed by atoms with Crippen molar-refractivity contribution in [3.05, 3.63) is 83.4 Å². The van der Waals surface area contributed by atoms with Crippen molar-refractivity contribution < 1.29 is 19.3 Å². The van der Waals surface area contributed by atoms with E-state index in [2.05, 4.69) is 12.1 Å². The van der Waals surface area contributed by atoms with Gasteiger partial charge < -0.3 is 19.3 Å². The topological polar surface area (TPSA) is 102 Å². The van der Waals surface area contributed by atoms with Crippen LogP contribution in [0.5, 0.6) is 23.0 Å². The monoisotopic (exact) mass is 498 g/mol. The molecule has 2 unspecified atom stereocenters. The average Bonchev–Trinajstić information content (AvgIpc) is 2.95. The molecule has 1 N–H and O–H groups in total. The van der Waals surface area contributed by atoms with Gasteiger partial charge in [-0.15, -0.1) is 0 Å². The first-order chi connectivity index (χ1) is 18.1. The first-order valence-corrected chi connectivity index (χ1v) is 12.0. The maximum atomic E-state index is 11.2. The number of nitrogens with zero attached hydrogens (tertiary/aromatic N) is 4. The van der Waals surface area contributed by atoms with E-state index in [1.165, 1.54) is 7.11 Å². The lowest BCUT2D eigenvalue weighted by Crippen LogP contribution is -2.49. The zero-order chi connectivity index (χ0) is 26.4. The summed E-state index contributed by atoms with van der Waals surface area (Å²) in [4.78, 5) is 4.07. The van der Waals surface area contributed by atoms with Crippen LogP contribution in [-0.4, -0.2) is 49.3 Å². The molecule has 190 valence electrons. The average molecular weight is 499 g/mol. The number of nitriles is 2. The van der Waals surface area contributed by atoms with Gasteiger partial charge in [-0.25, -0.2) is 0 Å². The van der Waals surface area contributed by atoms with E-state index in [-0.39, 0.29) is 5.75 Å². The van der Waals surface area contributed by atoms with Crippen LogP contribution in [0.4, 0.5) is 0 Å². The minimum Gasteiger partial charge on any atom is -0.504 e. The Morgan fingerprint density at radius 2 is 1.24 bits per heavy atom. The van der Waals surface area contributed by atoms with E-state index in [0.717, 1.165) is 17.5 Å². The molecule has 8 heteroatoms. The minimum atomic E-state index is -0.625. The number of phenols is 1. The van der Waals surface area contributed by atoms with Crippen LogP contribution in [-0.2, 0) is 0 Å². The smallest absolute Gasteiger partial charge is 0.163 e. The minimum absolute atomic E-state index is 0.00950. The summed E-state index contributed by atoms with van der Waals surface area (Å²) in [7, 11) is 4.70. The molecule has 37 heavy (non-hydrogen) atoms. The molecule has 1 fully saturated rings. The van der Waals surface area contributed by atoms with E-state index in [1.807, 2.05) is 70.5 Å². The van der Waals surface area contributed by atoms with Gasteiger partial charge in [0, 0.05) is 18.7 Å². The second-order valence-electron chi connectivity index (χ2n) is 8.71. The van der Waals surface area contributed by atoms with Crippen LogP contribution in [0.25, 0.3) is 0 Å².